The Kier molecular flexibility index (Phi) is 3.97. The van der Waals surface area contributed by atoms with Crippen LogP contribution < -0.4 is 4.72 Å². The highest BCUT2D eigenvalue weighted by Crippen LogP contribution is 2.24. The number of thiophene rings is 1. The Balaban J connectivity index is 2.94. The number of hydrogen-bond acceptors (Lipinski definition) is 4. The lowest BCUT2D eigenvalue weighted by Gasteiger charge is -2.27. The molecule has 0 saturated carbocycles. The summed E-state index contributed by atoms with van der Waals surface area (Å²) in [6.45, 7) is 7.73. The van der Waals surface area contributed by atoms with Crippen LogP contribution in [0.5, 0.6) is 0 Å². The second-order valence-corrected chi connectivity index (χ2v) is 7.96. The van der Waals surface area contributed by atoms with E-state index < -0.39 is 10.0 Å². The summed E-state index contributed by atoms with van der Waals surface area (Å²) in [4.78, 5) is 0.397. The average molecular weight is 272 g/mol. The van der Waals surface area contributed by atoms with E-state index in [9.17, 15) is 8.42 Å². The van der Waals surface area contributed by atoms with Gasteiger partial charge in [-0.05, 0) is 24.5 Å². The molecule has 0 fully saturated rings. The number of nitrogens with zero attached hydrogens (tertiary/aromatic N) is 1. The Labute approximate surface area is 106 Å². The molecule has 0 aromatic carbocycles. The molecule has 0 aliphatic rings. The molecule has 1 rings (SSSR count). The first-order chi connectivity index (χ1) is 7.66. The summed E-state index contributed by atoms with van der Waals surface area (Å²) in [6, 6.07) is 4.72. The van der Waals surface area contributed by atoms with E-state index in [4.69, 9.17) is 5.26 Å². The molecule has 1 N–H and O–H groups in total. The molecule has 1 heterocycles. The van der Waals surface area contributed by atoms with Crippen LogP contribution >= 0.6 is 11.3 Å². The minimum absolute atomic E-state index is 0.150. The van der Waals surface area contributed by atoms with Gasteiger partial charge in [-0.3, -0.25) is 0 Å². The number of sulfonamides is 1. The van der Waals surface area contributed by atoms with Crippen LogP contribution in [0.25, 0.3) is 0 Å². The van der Waals surface area contributed by atoms with E-state index in [0.717, 1.165) is 11.3 Å². The fourth-order valence-electron chi connectivity index (χ4n) is 0.992. The van der Waals surface area contributed by atoms with Crippen LogP contribution in [0.4, 0.5) is 0 Å². The van der Waals surface area contributed by atoms with E-state index in [1.807, 2.05) is 33.8 Å². The zero-order valence-electron chi connectivity index (χ0n) is 10.3. The van der Waals surface area contributed by atoms with Gasteiger partial charge in [0.1, 0.15) is 15.2 Å². The first kappa shape index (κ1) is 14.2. The van der Waals surface area contributed by atoms with E-state index >= 15 is 0 Å². The first-order valence-corrected chi connectivity index (χ1v) is 7.49. The normalized spacial score (nSPS) is 14.3. The van der Waals surface area contributed by atoms with Crippen molar-refractivity contribution >= 4 is 21.4 Å². The monoisotopic (exact) mass is 272 g/mol. The molecule has 0 radical (unpaired) electrons. The van der Waals surface area contributed by atoms with Crippen molar-refractivity contribution in [1.29, 1.82) is 5.26 Å². The van der Waals surface area contributed by atoms with Gasteiger partial charge in [-0.1, -0.05) is 20.8 Å². The highest BCUT2D eigenvalue weighted by Gasteiger charge is 2.26. The molecule has 0 spiro atoms. The molecular weight excluding hydrogens is 256 g/mol. The third-order valence-corrected chi connectivity index (χ3v) is 5.61. The van der Waals surface area contributed by atoms with Crippen LogP contribution in [0.15, 0.2) is 16.3 Å². The summed E-state index contributed by atoms with van der Waals surface area (Å²) in [6.07, 6.45) is 0. The standard InChI is InChI=1S/C11H16N2O2S2/c1-8(11(2,3)4)13-17(14,15)10-6-5-9(7-12)16-10/h5-6,8,13H,1-4H3. The van der Waals surface area contributed by atoms with Gasteiger partial charge in [0.2, 0.25) is 10.0 Å². The molecule has 0 bridgehead atoms. The van der Waals surface area contributed by atoms with Crippen molar-refractivity contribution in [3.05, 3.63) is 17.0 Å². The van der Waals surface area contributed by atoms with E-state index in [1.165, 1.54) is 12.1 Å². The molecule has 1 atom stereocenters. The van der Waals surface area contributed by atoms with Crippen molar-refractivity contribution in [3.8, 4) is 6.07 Å². The van der Waals surface area contributed by atoms with Gasteiger partial charge < -0.3 is 0 Å². The molecule has 17 heavy (non-hydrogen) atoms. The fourth-order valence-corrected chi connectivity index (χ4v) is 3.56. The maximum atomic E-state index is 12.0. The van der Waals surface area contributed by atoms with Crippen LogP contribution in [0.1, 0.15) is 32.6 Å². The second-order valence-electron chi connectivity index (χ2n) is 4.94. The predicted molar refractivity (Wildman–Crippen MR) is 68.3 cm³/mol. The Morgan fingerprint density at radius 1 is 1.41 bits per heavy atom. The van der Waals surface area contributed by atoms with Gasteiger partial charge in [0.25, 0.3) is 0 Å². The molecule has 1 aromatic heterocycles. The van der Waals surface area contributed by atoms with Gasteiger partial charge in [0.15, 0.2) is 0 Å². The summed E-state index contributed by atoms with van der Waals surface area (Å²) in [5.74, 6) is 0. The van der Waals surface area contributed by atoms with Crippen molar-refractivity contribution in [3.63, 3.8) is 0 Å². The van der Waals surface area contributed by atoms with Crippen LogP contribution in [0, 0.1) is 16.7 Å². The first-order valence-electron chi connectivity index (χ1n) is 5.19. The maximum absolute atomic E-state index is 12.0. The lowest BCUT2D eigenvalue weighted by molar-refractivity contribution is 0.318. The van der Waals surface area contributed by atoms with Crippen molar-refractivity contribution in [2.24, 2.45) is 5.41 Å². The zero-order chi connectivity index (χ0) is 13.3. The second kappa shape index (κ2) is 4.77. The molecule has 1 unspecified atom stereocenters. The molecule has 0 aliphatic heterocycles. The fraction of sp³-hybridized carbons (Fsp3) is 0.545. The van der Waals surface area contributed by atoms with Gasteiger partial charge in [-0.15, -0.1) is 11.3 Å². The third kappa shape index (κ3) is 3.53. The van der Waals surface area contributed by atoms with Crippen LogP contribution in [-0.4, -0.2) is 14.5 Å². The molecule has 0 aliphatic carbocycles. The van der Waals surface area contributed by atoms with E-state index in [-0.39, 0.29) is 15.7 Å². The van der Waals surface area contributed by atoms with Crippen molar-refractivity contribution in [2.75, 3.05) is 0 Å². The molecular formula is C11H16N2O2S2. The summed E-state index contributed by atoms with van der Waals surface area (Å²) in [5, 5.41) is 8.67. The predicted octanol–water partition coefficient (Wildman–Crippen LogP) is 2.33. The minimum atomic E-state index is -3.51. The SMILES string of the molecule is CC(NS(=O)(=O)c1ccc(C#N)s1)C(C)(C)C. The van der Waals surface area contributed by atoms with Gasteiger partial charge in [-0.2, -0.15) is 5.26 Å². The maximum Gasteiger partial charge on any atom is 0.250 e. The molecule has 0 saturated heterocycles. The lowest BCUT2D eigenvalue weighted by atomic mass is 9.89. The highest BCUT2D eigenvalue weighted by molar-refractivity contribution is 7.91. The van der Waals surface area contributed by atoms with E-state index in [1.54, 1.807) is 0 Å². The smallest absolute Gasteiger partial charge is 0.207 e. The van der Waals surface area contributed by atoms with Crippen LogP contribution in [-0.2, 0) is 10.0 Å². The number of hydrogen-bond donors (Lipinski definition) is 1. The zero-order valence-corrected chi connectivity index (χ0v) is 11.9. The van der Waals surface area contributed by atoms with Gasteiger partial charge >= 0.3 is 0 Å². The Hall–Kier alpha value is -0.900. The van der Waals surface area contributed by atoms with Crippen LogP contribution in [0.3, 0.4) is 0 Å². The molecule has 0 amide bonds. The quantitative estimate of drug-likeness (QED) is 0.918. The van der Waals surface area contributed by atoms with Gasteiger partial charge in [0.05, 0.1) is 0 Å². The average Bonchev–Trinajstić information content (AvgIpc) is 2.64. The minimum Gasteiger partial charge on any atom is -0.207 e. The Morgan fingerprint density at radius 2 is 2.00 bits per heavy atom. The van der Waals surface area contributed by atoms with Crippen LogP contribution in [0.2, 0.25) is 0 Å². The Morgan fingerprint density at radius 3 is 2.41 bits per heavy atom. The highest BCUT2D eigenvalue weighted by atomic mass is 32.2. The topological polar surface area (TPSA) is 70.0 Å². The molecule has 4 nitrogen and oxygen atoms in total. The summed E-state index contributed by atoms with van der Waals surface area (Å²) in [5.41, 5.74) is -0.150. The molecule has 94 valence electrons. The number of rotatable bonds is 3. The van der Waals surface area contributed by atoms with Gasteiger partial charge in [0, 0.05) is 6.04 Å². The summed E-state index contributed by atoms with van der Waals surface area (Å²) < 4.78 is 26.8. The summed E-state index contributed by atoms with van der Waals surface area (Å²) >= 11 is 0.981. The molecule has 6 heteroatoms. The van der Waals surface area contributed by atoms with Gasteiger partial charge in [-0.25, -0.2) is 13.1 Å². The summed E-state index contributed by atoms with van der Waals surface area (Å²) in [7, 11) is -3.51. The van der Waals surface area contributed by atoms with Crippen molar-refractivity contribution in [1.82, 2.24) is 4.72 Å². The van der Waals surface area contributed by atoms with E-state index in [0.29, 0.717) is 4.88 Å². The van der Waals surface area contributed by atoms with Crippen molar-refractivity contribution in [2.45, 2.75) is 37.9 Å². The molecule has 1 aromatic rings. The lowest BCUT2D eigenvalue weighted by Crippen LogP contribution is -2.41. The number of nitrogens with one attached hydrogen (secondary N) is 1. The Bertz CT molecular complexity index is 533. The van der Waals surface area contributed by atoms with E-state index in [2.05, 4.69) is 4.72 Å². The third-order valence-electron chi connectivity index (χ3n) is 2.59. The largest absolute Gasteiger partial charge is 0.250 e. The number of nitriles is 1. The van der Waals surface area contributed by atoms with Crippen molar-refractivity contribution < 1.29 is 8.42 Å².